The number of anilines is 2. The molecule has 0 spiro atoms. The van der Waals surface area contributed by atoms with Crippen molar-refractivity contribution in [3.8, 4) is 0 Å². The van der Waals surface area contributed by atoms with Crippen molar-refractivity contribution < 1.29 is 27.9 Å². The van der Waals surface area contributed by atoms with Crippen LogP contribution in [0.2, 0.25) is 0 Å². The zero-order chi connectivity index (χ0) is 22.6. The first-order chi connectivity index (χ1) is 14.8. The van der Waals surface area contributed by atoms with Gasteiger partial charge < -0.3 is 25.0 Å². The Hall–Kier alpha value is -2.59. The van der Waals surface area contributed by atoms with Crippen LogP contribution in [0.4, 0.5) is 11.4 Å². The SMILES string of the molecule is COC(=O)C1=C(Nc2cc(N3CCCCCC3)ccc2S(C)(=O)=O)C(=O)N(CCO)C1. The summed E-state index contributed by atoms with van der Waals surface area (Å²) in [4.78, 5) is 28.7. The van der Waals surface area contributed by atoms with E-state index in [0.29, 0.717) is 0 Å². The normalized spacial score (nSPS) is 17.7. The average molecular weight is 452 g/mol. The Morgan fingerprint density at radius 2 is 1.87 bits per heavy atom. The van der Waals surface area contributed by atoms with Crippen molar-refractivity contribution in [3.05, 3.63) is 29.5 Å². The molecule has 0 aromatic heterocycles. The fourth-order valence-electron chi connectivity index (χ4n) is 3.95. The minimum atomic E-state index is -3.60. The number of hydrogen-bond donors (Lipinski definition) is 2. The molecule has 0 aliphatic carbocycles. The van der Waals surface area contributed by atoms with E-state index in [9.17, 15) is 23.1 Å². The smallest absolute Gasteiger partial charge is 0.337 e. The topological polar surface area (TPSA) is 116 Å². The second kappa shape index (κ2) is 9.69. The van der Waals surface area contributed by atoms with Crippen molar-refractivity contribution >= 4 is 33.1 Å². The quantitative estimate of drug-likeness (QED) is 0.593. The Balaban J connectivity index is 2.03. The third kappa shape index (κ3) is 5.19. The lowest BCUT2D eigenvalue weighted by atomic mass is 10.2. The van der Waals surface area contributed by atoms with E-state index < -0.39 is 21.7 Å². The van der Waals surface area contributed by atoms with Crippen molar-refractivity contribution in [1.29, 1.82) is 0 Å². The van der Waals surface area contributed by atoms with Crippen LogP contribution in [0, 0.1) is 0 Å². The Morgan fingerprint density at radius 3 is 2.45 bits per heavy atom. The number of carbonyl (C=O) groups is 2. The fourth-order valence-corrected chi connectivity index (χ4v) is 4.77. The van der Waals surface area contributed by atoms with Gasteiger partial charge in [-0.25, -0.2) is 13.2 Å². The molecule has 2 heterocycles. The minimum Gasteiger partial charge on any atom is -0.466 e. The molecule has 0 atom stereocenters. The molecule has 1 aromatic carbocycles. The summed E-state index contributed by atoms with van der Waals surface area (Å²) < 4.78 is 29.6. The van der Waals surface area contributed by atoms with E-state index in [2.05, 4.69) is 10.2 Å². The molecular weight excluding hydrogens is 422 g/mol. The average Bonchev–Trinajstić information content (AvgIpc) is 2.92. The molecule has 0 bridgehead atoms. The highest BCUT2D eigenvalue weighted by molar-refractivity contribution is 7.90. The van der Waals surface area contributed by atoms with Gasteiger partial charge in [-0.3, -0.25) is 4.79 Å². The number of amides is 1. The van der Waals surface area contributed by atoms with E-state index in [1.807, 2.05) is 0 Å². The number of sulfone groups is 1. The Labute approximate surface area is 182 Å². The second-order valence-corrected chi connectivity index (χ2v) is 9.76. The van der Waals surface area contributed by atoms with Gasteiger partial charge >= 0.3 is 5.97 Å². The monoisotopic (exact) mass is 451 g/mol. The van der Waals surface area contributed by atoms with Crippen molar-refractivity contribution in [2.24, 2.45) is 0 Å². The number of aliphatic hydroxyl groups excluding tert-OH is 1. The van der Waals surface area contributed by atoms with Crippen LogP contribution in [-0.4, -0.2) is 76.5 Å². The molecule has 0 radical (unpaired) electrons. The summed E-state index contributed by atoms with van der Waals surface area (Å²) in [6.07, 6.45) is 5.54. The van der Waals surface area contributed by atoms with Crippen molar-refractivity contribution in [3.63, 3.8) is 0 Å². The molecule has 0 unspecified atom stereocenters. The van der Waals surface area contributed by atoms with E-state index in [1.54, 1.807) is 12.1 Å². The van der Waals surface area contributed by atoms with Gasteiger partial charge in [0.2, 0.25) is 0 Å². The molecule has 10 heteroatoms. The maximum atomic E-state index is 12.9. The number of esters is 1. The van der Waals surface area contributed by atoms with Crippen LogP contribution in [0.3, 0.4) is 0 Å². The molecule has 31 heavy (non-hydrogen) atoms. The van der Waals surface area contributed by atoms with E-state index in [1.165, 1.54) is 18.1 Å². The van der Waals surface area contributed by atoms with E-state index in [-0.39, 0.29) is 41.5 Å². The number of aliphatic hydroxyl groups is 1. The number of β-amino-alcohol motifs (C(OH)–C–C–N with tert-alkyl or cyclic N) is 1. The van der Waals surface area contributed by atoms with Crippen molar-refractivity contribution in [2.45, 2.75) is 30.6 Å². The lowest BCUT2D eigenvalue weighted by Crippen LogP contribution is -2.31. The third-order valence-corrected chi connectivity index (χ3v) is 6.70. The van der Waals surface area contributed by atoms with Crippen molar-refractivity contribution in [2.75, 3.05) is 56.4 Å². The molecule has 2 aliphatic heterocycles. The van der Waals surface area contributed by atoms with Crippen LogP contribution < -0.4 is 10.2 Å². The number of ether oxygens (including phenoxy) is 1. The Kier molecular flexibility index (Phi) is 7.22. The highest BCUT2D eigenvalue weighted by atomic mass is 32.2. The van der Waals surface area contributed by atoms with Gasteiger partial charge in [0.15, 0.2) is 9.84 Å². The first-order valence-corrected chi connectivity index (χ1v) is 12.2. The predicted octanol–water partition coefficient (Wildman–Crippen LogP) is 1.14. The number of rotatable bonds is 7. The molecule has 0 saturated carbocycles. The van der Waals surface area contributed by atoms with Crippen LogP contribution in [0.1, 0.15) is 25.7 Å². The first-order valence-electron chi connectivity index (χ1n) is 10.3. The molecule has 3 rings (SSSR count). The highest BCUT2D eigenvalue weighted by Crippen LogP contribution is 2.32. The highest BCUT2D eigenvalue weighted by Gasteiger charge is 2.35. The Bertz CT molecular complexity index is 981. The van der Waals surface area contributed by atoms with Gasteiger partial charge in [-0.1, -0.05) is 12.8 Å². The standard InChI is InChI=1S/C21H29N3O6S/c1-30-21(27)16-14-24(11-12-25)20(26)19(16)22-17-13-15(7-8-18(17)31(2,28)29)23-9-5-3-4-6-10-23/h7-8,13,22,25H,3-6,9-12,14H2,1-2H3. The molecular formula is C21H29N3O6S. The summed E-state index contributed by atoms with van der Waals surface area (Å²) in [7, 11) is -2.38. The molecule has 2 N–H and O–H groups in total. The van der Waals surface area contributed by atoms with Gasteiger partial charge in [0.1, 0.15) is 5.70 Å². The van der Waals surface area contributed by atoms with Gasteiger partial charge in [-0.2, -0.15) is 0 Å². The maximum absolute atomic E-state index is 12.9. The van der Waals surface area contributed by atoms with E-state index in [0.717, 1.165) is 50.7 Å². The van der Waals surface area contributed by atoms with Gasteiger partial charge in [-0.05, 0) is 31.0 Å². The van der Waals surface area contributed by atoms with E-state index in [4.69, 9.17) is 4.74 Å². The number of nitrogens with one attached hydrogen (secondary N) is 1. The molecule has 9 nitrogen and oxygen atoms in total. The third-order valence-electron chi connectivity index (χ3n) is 5.55. The first kappa shape index (κ1) is 23.1. The summed E-state index contributed by atoms with van der Waals surface area (Å²) in [6.45, 7) is 1.52. The zero-order valence-electron chi connectivity index (χ0n) is 17.9. The second-order valence-electron chi connectivity index (χ2n) is 7.77. The lowest BCUT2D eigenvalue weighted by Gasteiger charge is -2.24. The van der Waals surface area contributed by atoms with Crippen LogP contribution in [-0.2, 0) is 24.2 Å². The largest absolute Gasteiger partial charge is 0.466 e. The Morgan fingerprint density at radius 1 is 1.19 bits per heavy atom. The molecule has 1 aromatic rings. The fraction of sp³-hybridized carbons (Fsp3) is 0.524. The van der Waals surface area contributed by atoms with Crippen molar-refractivity contribution in [1.82, 2.24) is 4.90 Å². The van der Waals surface area contributed by atoms with E-state index >= 15 is 0 Å². The zero-order valence-corrected chi connectivity index (χ0v) is 18.7. The number of nitrogens with zero attached hydrogens (tertiary/aromatic N) is 2. The number of carbonyl (C=O) groups excluding carboxylic acids is 2. The molecule has 170 valence electrons. The lowest BCUT2D eigenvalue weighted by molar-refractivity contribution is -0.136. The number of methoxy groups -OCH3 is 1. The van der Waals surface area contributed by atoms with Crippen LogP contribution in [0.25, 0.3) is 0 Å². The summed E-state index contributed by atoms with van der Waals surface area (Å²) in [5.41, 5.74) is 1.16. The molecule has 1 amide bonds. The van der Waals surface area contributed by atoms with Gasteiger partial charge in [-0.15, -0.1) is 0 Å². The summed E-state index contributed by atoms with van der Waals surface area (Å²) >= 11 is 0. The molecule has 1 fully saturated rings. The van der Waals surface area contributed by atoms with Gasteiger partial charge in [0.25, 0.3) is 5.91 Å². The maximum Gasteiger partial charge on any atom is 0.337 e. The minimum absolute atomic E-state index is 0.0194. The van der Waals surface area contributed by atoms with Crippen LogP contribution in [0.15, 0.2) is 34.4 Å². The summed E-state index contributed by atoms with van der Waals surface area (Å²) in [5, 5.41) is 12.1. The van der Waals surface area contributed by atoms with Gasteiger partial charge in [0.05, 0.1) is 36.4 Å². The molecule has 1 saturated heterocycles. The predicted molar refractivity (Wildman–Crippen MR) is 117 cm³/mol. The van der Waals surface area contributed by atoms with Crippen LogP contribution >= 0.6 is 0 Å². The molecule has 2 aliphatic rings. The van der Waals surface area contributed by atoms with Gasteiger partial charge in [0, 0.05) is 31.6 Å². The number of benzene rings is 1. The summed E-state index contributed by atoms with van der Waals surface area (Å²) in [5.74, 6) is -1.17. The van der Waals surface area contributed by atoms with Crippen LogP contribution in [0.5, 0.6) is 0 Å². The number of hydrogen-bond acceptors (Lipinski definition) is 8. The summed E-state index contributed by atoms with van der Waals surface area (Å²) in [6, 6.07) is 5.02.